The van der Waals surface area contributed by atoms with Gasteiger partial charge in [-0.05, 0) is 11.5 Å². The predicted octanol–water partition coefficient (Wildman–Crippen LogP) is 1.99. The van der Waals surface area contributed by atoms with Crippen LogP contribution in [0.5, 0.6) is 0 Å². The molecule has 4 nitrogen and oxygen atoms in total. The Kier molecular flexibility index (Phi) is 2.99. The first-order valence-corrected chi connectivity index (χ1v) is 6.39. The van der Waals surface area contributed by atoms with Crippen LogP contribution in [-0.4, -0.2) is 32.3 Å². The maximum atomic E-state index is 5.54. The Balaban J connectivity index is 1.87. The molecule has 1 unspecified atom stereocenters. The number of hydrogen-bond acceptors (Lipinski definition) is 4. The van der Waals surface area contributed by atoms with E-state index in [1.807, 2.05) is 0 Å². The van der Waals surface area contributed by atoms with Crippen LogP contribution < -0.4 is 10.6 Å². The van der Waals surface area contributed by atoms with E-state index >= 15 is 0 Å². The first-order chi connectivity index (χ1) is 9.24. The lowest BCUT2D eigenvalue weighted by atomic mass is 10.1. The number of nitrogens with zero attached hydrogens (tertiary/aromatic N) is 2. The summed E-state index contributed by atoms with van der Waals surface area (Å²) in [5.74, 6) is 0. The number of aliphatic imine (C=N–C) groups is 1. The summed E-state index contributed by atoms with van der Waals surface area (Å²) in [6, 6.07) is 15.1. The summed E-state index contributed by atoms with van der Waals surface area (Å²) in [6.07, 6.45) is 0. The number of benzene rings is 2. The molecule has 0 fully saturated rings. The number of hydrogen-bond donors (Lipinski definition) is 1. The Bertz CT molecular complexity index is 618. The third-order valence-corrected chi connectivity index (χ3v) is 3.40. The van der Waals surface area contributed by atoms with Crippen LogP contribution in [0.2, 0.25) is 0 Å². The molecule has 1 aliphatic rings. The first kappa shape index (κ1) is 11.8. The molecule has 19 heavy (non-hydrogen) atoms. The van der Waals surface area contributed by atoms with Crippen molar-refractivity contribution in [3.63, 3.8) is 0 Å². The molecule has 3 rings (SSSR count). The quantitative estimate of drug-likeness (QED) is 0.912. The van der Waals surface area contributed by atoms with Crippen molar-refractivity contribution in [2.24, 2.45) is 10.7 Å². The average molecular weight is 255 g/mol. The standard InChI is InChI=1S/C15H17N3O/c1-18(9-12-10-19-15(16)17-12)14-8-4-6-11-5-2-3-7-13(11)14/h2-8,12H,9-10H2,1H3,(H2,16,17). The maximum absolute atomic E-state index is 5.54. The summed E-state index contributed by atoms with van der Waals surface area (Å²) >= 11 is 0. The van der Waals surface area contributed by atoms with Gasteiger partial charge < -0.3 is 15.4 Å². The molecule has 4 heteroatoms. The van der Waals surface area contributed by atoms with Crippen molar-refractivity contribution >= 4 is 22.5 Å². The molecule has 1 aliphatic heterocycles. The van der Waals surface area contributed by atoms with Crippen LogP contribution in [0.4, 0.5) is 5.69 Å². The fourth-order valence-corrected chi connectivity index (χ4v) is 2.49. The second kappa shape index (κ2) is 4.80. The molecule has 1 heterocycles. The minimum absolute atomic E-state index is 0.115. The van der Waals surface area contributed by atoms with Gasteiger partial charge in [0.2, 0.25) is 0 Å². The largest absolute Gasteiger partial charge is 0.463 e. The van der Waals surface area contributed by atoms with Crippen molar-refractivity contribution in [3.8, 4) is 0 Å². The van der Waals surface area contributed by atoms with Crippen LogP contribution in [0.1, 0.15) is 0 Å². The molecule has 0 amide bonds. The fraction of sp³-hybridized carbons (Fsp3) is 0.267. The molecular weight excluding hydrogens is 238 g/mol. The Morgan fingerprint density at radius 3 is 2.84 bits per heavy atom. The van der Waals surface area contributed by atoms with Crippen LogP contribution in [0, 0.1) is 0 Å². The van der Waals surface area contributed by atoms with Crippen molar-refractivity contribution in [2.45, 2.75) is 6.04 Å². The Labute approximate surface area is 112 Å². The summed E-state index contributed by atoms with van der Waals surface area (Å²) in [5, 5.41) is 2.50. The van der Waals surface area contributed by atoms with Crippen molar-refractivity contribution in [3.05, 3.63) is 42.5 Å². The van der Waals surface area contributed by atoms with Crippen molar-refractivity contribution in [1.29, 1.82) is 0 Å². The molecule has 98 valence electrons. The van der Waals surface area contributed by atoms with Gasteiger partial charge in [0.15, 0.2) is 0 Å². The number of nitrogens with two attached hydrogens (primary N) is 1. The highest BCUT2D eigenvalue weighted by Gasteiger charge is 2.19. The summed E-state index contributed by atoms with van der Waals surface area (Å²) in [4.78, 5) is 6.47. The van der Waals surface area contributed by atoms with E-state index < -0.39 is 0 Å². The van der Waals surface area contributed by atoms with E-state index in [9.17, 15) is 0 Å². The van der Waals surface area contributed by atoms with E-state index in [0.717, 1.165) is 6.54 Å². The minimum atomic E-state index is 0.115. The fourth-order valence-electron chi connectivity index (χ4n) is 2.49. The van der Waals surface area contributed by atoms with E-state index in [4.69, 9.17) is 10.5 Å². The Morgan fingerprint density at radius 1 is 1.26 bits per heavy atom. The van der Waals surface area contributed by atoms with Gasteiger partial charge in [0.05, 0.1) is 0 Å². The van der Waals surface area contributed by atoms with Crippen molar-refractivity contribution in [1.82, 2.24) is 0 Å². The van der Waals surface area contributed by atoms with Crippen LogP contribution >= 0.6 is 0 Å². The first-order valence-electron chi connectivity index (χ1n) is 6.39. The zero-order valence-corrected chi connectivity index (χ0v) is 10.9. The smallest absolute Gasteiger partial charge is 0.282 e. The summed E-state index contributed by atoms with van der Waals surface area (Å²) in [5.41, 5.74) is 6.75. The average Bonchev–Trinajstić information content (AvgIpc) is 2.83. The van der Waals surface area contributed by atoms with Crippen molar-refractivity contribution in [2.75, 3.05) is 25.1 Å². The number of rotatable bonds is 3. The van der Waals surface area contributed by atoms with E-state index in [0.29, 0.717) is 12.6 Å². The third kappa shape index (κ3) is 2.34. The zero-order valence-electron chi connectivity index (χ0n) is 10.9. The highest BCUT2D eigenvalue weighted by molar-refractivity contribution is 5.94. The third-order valence-electron chi connectivity index (χ3n) is 3.40. The molecule has 0 saturated heterocycles. The van der Waals surface area contributed by atoms with Crippen molar-refractivity contribution < 1.29 is 4.74 Å². The Hall–Kier alpha value is -2.23. The van der Waals surface area contributed by atoms with Crippen LogP contribution in [0.15, 0.2) is 47.5 Å². The molecule has 0 radical (unpaired) electrons. The number of anilines is 1. The molecule has 2 aromatic rings. The predicted molar refractivity (Wildman–Crippen MR) is 78.6 cm³/mol. The van der Waals surface area contributed by atoms with Crippen LogP contribution in [0.3, 0.4) is 0 Å². The molecule has 0 bridgehead atoms. The van der Waals surface area contributed by atoms with E-state index in [-0.39, 0.29) is 6.04 Å². The highest BCUT2D eigenvalue weighted by atomic mass is 16.5. The molecule has 0 aromatic heterocycles. The lowest BCUT2D eigenvalue weighted by Crippen LogP contribution is -2.28. The SMILES string of the molecule is CN(CC1COC(N)=N1)c1cccc2ccccc12. The molecule has 0 saturated carbocycles. The summed E-state index contributed by atoms with van der Waals surface area (Å²) in [7, 11) is 2.08. The number of ether oxygens (including phenoxy) is 1. The number of likely N-dealkylation sites (N-methyl/N-ethyl adjacent to an activating group) is 1. The second-order valence-electron chi connectivity index (χ2n) is 4.81. The molecule has 0 aliphatic carbocycles. The van der Waals surface area contributed by atoms with Gasteiger partial charge >= 0.3 is 0 Å². The lowest BCUT2D eigenvalue weighted by Gasteiger charge is -2.22. The van der Waals surface area contributed by atoms with Gasteiger partial charge in [-0.3, -0.25) is 0 Å². The molecule has 1 atom stereocenters. The number of fused-ring (bicyclic) bond motifs is 1. The van der Waals surface area contributed by atoms with Gasteiger partial charge in [0.1, 0.15) is 12.6 Å². The summed E-state index contributed by atoms with van der Waals surface area (Å²) in [6.45, 7) is 1.37. The van der Waals surface area contributed by atoms with E-state index in [2.05, 4.69) is 59.4 Å². The Morgan fingerprint density at radius 2 is 2.05 bits per heavy atom. The van der Waals surface area contributed by atoms with Gasteiger partial charge in [-0.1, -0.05) is 36.4 Å². The lowest BCUT2D eigenvalue weighted by molar-refractivity contribution is 0.314. The topological polar surface area (TPSA) is 50.9 Å². The zero-order chi connectivity index (χ0) is 13.2. The molecule has 0 spiro atoms. The molecular formula is C15H17N3O. The van der Waals surface area contributed by atoms with Gasteiger partial charge in [0.25, 0.3) is 6.02 Å². The van der Waals surface area contributed by atoms with E-state index in [1.165, 1.54) is 16.5 Å². The normalized spacial score (nSPS) is 18.2. The monoisotopic (exact) mass is 255 g/mol. The van der Waals surface area contributed by atoms with Crippen LogP contribution in [-0.2, 0) is 4.74 Å². The minimum Gasteiger partial charge on any atom is -0.463 e. The maximum Gasteiger partial charge on any atom is 0.282 e. The van der Waals surface area contributed by atoms with Gasteiger partial charge in [-0.25, -0.2) is 4.99 Å². The molecule has 2 aromatic carbocycles. The number of amidine groups is 1. The van der Waals surface area contributed by atoms with Gasteiger partial charge in [-0.2, -0.15) is 0 Å². The second-order valence-corrected chi connectivity index (χ2v) is 4.81. The van der Waals surface area contributed by atoms with Gasteiger partial charge in [-0.15, -0.1) is 0 Å². The van der Waals surface area contributed by atoms with Gasteiger partial charge in [0, 0.05) is 24.7 Å². The highest BCUT2D eigenvalue weighted by Crippen LogP contribution is 2.26. The van der Waals surface area contributed by atoms with E-state index in [1.54, 1.807) is 0 Å². The molecule has 2 N–H and O–H groups in total. The summed E-state index contributed by atoms with van der Waals surface area (Å²) < 4.78 is 5.19. The van der Waals surface area contributed by atoms with Crippen LogP contribution in [0.25, 0.3) is 10.8 Å².